The summed E-state index contributed by atoms with van der Waals surface area (Å²) in [5, 5.41) is 13.9. The lowest BCUT2D eigenvalue weighted by molar-refractivity contribution is -0.383. The molecule has 1 atom stereocenters. The Morgan fingerprint density at radius 1 is 1.53 bits per heavy atom. The Morgan fingerprint density at radius 3 is 2.71 bits per heavy atom. The van der Waals surface area contributed by atoms with Crippen LogP contribution in [0.1, 0.15) is 6.92 Å². The third-order valence-electron chi connectivity index (χ3n) is 2.36. The van der Waals surface area contributed by atoms with E-state index in [2.05, 4.69) is 10.7 Å². The zero-order chi connectivity index (χ0) is 12.8. The zero-order valence-electron chi connectivity index (χ0n) is 9.77. The maximum Gasteiger partial charge on any atom is 0.316 e. The molecular weight excluding hydrogens is 224 g/mol. The summed E-state index contributed by atoms with van der Waals surface area (Å²) < 4.78 is 5.06. The van der Waals surface area contributed by atoms with Crippen LogP contribution in [-0.2, 0) is 4.74 Å². The van der Waals surface area contributed by atoms with Gasteiger partial charge in [-0.05, 0) is 19.1 Å². The normalized spacial score (nSPS) is 11.9. The fourth-order valence-corrected chi connectivity index (χ4v) is 1.34. The fraction of sp³-hybridized carbons (Fsp3) is 0.400. The van der Waals surface area contributed by atoms with Gasteiger partial charge in [-0.2, -0.15) is 0 Å². The van der Waals surface area contributed by atoms with Crippen LogP contribution in [0.5, 0.6) is 0 Å². The van der Waals surface area contributed by atoms with Crippen LogP contribution in [-0.4, -0.2) is 24.7 Å². The van der Waals surface area contributed by atoms with Gasteiger partial charge in [-0.15, -0.1) is 0 Å². The van der Waals surface area contributed by atoms with E-state index in [9.17, 15) is 10.1 Å². The van der Waals surface area contributed by atoms with Gasteiger partial charge in [-0.1, -0.05) is 6.07 Å². The summed E-state index contributed by atoms with van der Waals surface area (Å²) in [6.45, 7) is 2.34. The first-order valence-electron chi connectivity index (χ1n) is 5.10. The van der Waals surface area contributed by atoms with Crippen molar-refractivity contribution in [2.45, 2.75) is 13.0 Å². The molecule has 0 heterocycles. The van der Waals surface area contributed by atoms with Crippen LogP contribution in [0.15, 0.2) is 18.2 Å². The Balaban J connectivity index is 2.94. The molecule has 0 aromatic heterocycles. The zero-order valence-corrected chi connectivity index (χ0v) is 9.77. The maximum atomic E-state index is 11.0. The lowest BCUT2D eigenvalue weighted by Crippen LogP contribution is -2.19. The van der Waals surface area contributed by atoms with E-state index in [0.29, 0.717) is 12.2 Å². The number of benzene rings is 1. The van der Waals surface area contributed by atoms with Gasteiger partial charge in [0.15, 0.2) is 0 Å². The number of para-hydroxylation sites is 1. The average Bonchev–Trinajstić information content (AvgIpc) is 2.34. The maximum absolute atomic E-state index is 11.0. The number of nitrogen functional groups attached to an aromatic ring is 1. The Bertz CT molecular complexity index is 397. The molecule has 0 aliphatic heterocycles. The van der Waals surface area contributed by atoms with Crippen molar-refractivity contribution in [3.05, 3.63) is 28.3 Å². The molecule has 0 aliphatic rings. The van der Waals surface area contributed by atoms with Crippen molar-refractivity contribution in [2.75, 3.05) is 24.4 Å². The second-order valence-corrected chi connectivity index (χ2v) is 3.53. The minimum Gasteiger partial charge on any atom is -0.380 e. The average molecular weight is 240 g/mol. The number of nitrogens with two attached hydrogens (primary N) is 1. The molecule has 0 saturated heterocycles. The number of methoxy groups -OCH3 is 1. The first-order chi connectivity index (χ1) is 8.10. The number of nitro benzene ring substituents is 1. The quantitative estimate of drug-likeness (QED) is 0.394. The number of nitrogens with one attached hydrogen (secondary N) is 2. The highest BCUT2D eigenvalue weighted by molar-refractivity contribution is 5.75. The van der Waals surface area contributed by atoms with Crippen LogP contribution in [0.25, 0.3) is 0 Å². The van der Waals surface area contributed by atoms with E-state index in [1.165, 1.54) is 0 Å². The number of hydrogen-bond acceptors (Lipinski definition) is 6. The molecule has 7 nitrogen and oxygen atoms in total. The number of hydrogen-bond donors (Lipinski definition) is 3. The fourth-order valence-electron chi connectivity index (χ4n) is 1.34. The van der Waals surface area contributed by atoms with Crippen LogP contribution in [0, 0.1) is 10.1 Å². The number of hydrazine groups is 1. The molecule has 0 radical (unpaired) electrons. The minimum absolute atomic E-state index is 0.0379. The molecule has 0 amide bonds. The third kappa shape index (κ3) is 3.30. The monoisotopic (exact) mass is 240 g/mol. The van der Waals surface area contributed by atoms with E-state index >= 15 is 0 Å². The van der Waals surface area contributed by atoms with Gasteiger partial charge in [0.05, 0.1) is 11.0 Å². The van der Waals surface area contributed by atoms with E-state index in [0.717, 1.165) is 0 Å². The van der Waals surface area contributed by atoms with E-state index in [-0.39, 0.29) is 17.5 Å². The van der Waals surface area contributed by atoms with Gasteiger partial charge in [-0.25, -0.2) is 0 Å². The smallest absolute Gasteiger partial charge is 0.316 e. The molecule has 1 rings (SSSR count). The van der Waals surface area contributed by atoms with Crippen molar-refractivity contribution in [1.82, 2.24) is 0 Å². The highest BCUT2D eigenvalue weighted by Gasteiger charge is 2.19. The van der Waals surface area contributed by atoms with Crippen LogP contribution in [0.3, 0.4) is 0 Å². The number of nitrogens with zero attached hydrogens (tertiary/aromatic N) is 1. The van der Waals surface area contributed by atoms with E-state index in [1.54, 1.807) is 25.3 Å². The lowest BCUT2D eigenvalue weighted by Gasteiger charge is -2.13. The largest absolute Gasteiger partial charge is 0.380 e. The molecule has 0 bridgehead atoms. The van der Waals surface area contributed by atoms with Crippen molar-refractivity contribution in [2.24, 2.45) is 5.84 Å². The van der Waals surface area contributed by atoms with Crippen LogP contribution >= 0.6 is 0 Å². The molecule has 1 unspecified atom stereocenters. The second-order valence-electron chi connectivity index (χ2n) is 3.53. The molecular formula is C10H16N4O3. The predicted molar refractivity (Wildman–Crippen MR) is 65.9 cm³/mol. The molecule has 94 valence electrons. The topological polar surface area (TPSA) is 102 Å². The first kappa shape index (κ1) is 13.2. The van der Waals surface area contributed by atoms with Crippen LogP contribution in [0.2, 0.25) is 0 Å². The van der Waals surface area contributed by atoms with Gasteiger partial charge in [-0.3, -0.25) is 16.0 Å². The first-order valence-corrected chi connectivity index (χ1v) is 5.10. The number of anilines is 2. The molecule has 1 aromatic rings. The molecule has 1 aromatic carbocycles. The third-order valence-corrected chi connectivity index (χ3v) is 2.36. The Hall–Kier alpha value is -1.86. The van der Waals surface area contributed by atoms with Crippen LogP contribution in [0.4, 0.5) is 17.1 Å². The Kier molecular flexibility index (Phi) is 4.68. The summed E-state index contributed by atoms with van der Waals surface area (Å²) in [4.78, 5) is 10.5. The summed E-state index contributed by atoms with van der Waals surface area (Å²) in [5.74, 6) is 5.23. The minimum atomic E-state index is -0.477. The van der Waals surface area contributed by atoms with Crippen molar-refractivity contribution >= 4 is 17.1 Å². The molecule has 0 aliphatic carbocycles. The van der Waals surface area contributed by atoms with Gasteiger partial charge in [0.25, 0.3) is 0 Å². The van der Waals surface area contributed by atoms with E-state index < -0.39 is 4.92 Å². The molecule has 17 heavy (non-hydrogen) atoms. The summed E-state index contributed by atoms with van der Waals surface area (Å²) in [5.41, 5.74) is 2.92. The molecule has 0 saturated carbocycles. The summed E-state index contributed by atoms with van der Waals surface area (Å²) in [6, 6.07) is 4.85. The summed E-state index contributed by atoms with van der Waals surface area (Å²) in [7, 11) is 1.58. The number of ether oxygens (including phenoxy) is 1. The van der Waals surface area contributed by atoms with E-state index in [1.807, 2.05) is 6.92 Å². The molecule has 4 N–H and O–H groups in total. The highest BCUT2D eigenvalue weighted by Crippen LogP contribution is 2.31. The van der Waals surface area contributed by atoms with Crippen molar-refractivity contribution in [3.8, 4) is 0 Å². The predicted octanol–water partition coefficient (Wildman–Crippen LogP) is 1.33. The summed E-state index contributed by atoms with van der Waals surface area (Å²) in [6.07, 6.45) is -0.0379. The van der Waals surface area contributed by atoms with E-state index in [4.69, 9.17) is 10.6 Å². The van der Waals surface area contributed by atoms with Gasteiger partial charge in [0.2, 0.25) is 0 Å². The van der Waals surface area contributed by atoms with Crippen molar-refractivity contribution in [3.63, 3.8) is 0 Å². The lowest BCUT2D eigenvalue weighted by atomic mass is 10.2. The molecule has 0 spiro atoms. The number of nitro groups is 1. The van der Waals surface area contributed by atoms with Crippen molar-refractivity contribution in [1.29, 1.82) is 0 Å². The SMILES string of the molecule is COC(C)CNc1cccc(NN)c1[N+](=O)[O-]. The number of rotatable bonds is 6. The second kappa shape index (κ2) is 6.02. The van der Waals surface area contributed by atoms with Crippen LogP contribution < -0.4 is 16.6 Å². The Morgan fingerprint density at radius 2 is 2.18 bits per heavy atom. The molecule has 0 fully saturated rings. The van der Waals surface area contributed by atoms with Gasteiger partial charge in [0, 0.05) is 13.7 Å². The summed E-state index contributed by atoms with van der Waals surface area (Å²) >= 11 is 0. The van der Waals surface area contributed by atoms with Gasteiger partial charge < -0.3 is 15.5 Å². The van der Waals surface area contributed by atoms with Gasteiger partial charge >= 0.3 is 5.69 Å². The standard InChI is InChI=1S/C10H16N4O3/c1-7(17-2)6-12-8-4-3-5-9(13-11)10(8)14(15)16/h3-5,7,12-13H,6,11H2,1-2H3. The highest BCUT2D eigenvalue weighted by atomic mass is 16.6. The van der Waals surface area contributed by atoms with Crippen molar-refractivity contribution < 1.29 is 9.66 Å². The Labute approximate surface area is 99.1 Å². The van der Waals surface area contributed by atoms with Gasteiger partial charge in [0.1, 0.15) is 11.4 Å². The molecule has 7 heteroatoms.